The minimum absolute atomic E-state index is 0.0407. The number of fused-ring (bicyclic) bond motifs is 1. The Balaban J connectivity index is 1.58. The van der Waals surface area contributed by atoms with Crippen LogP contribution in [0.1, 0.15) is 27.9 Å². The molecule has 1 aliphatic carbocycles. The van der Waals surface area contributed by atoms with Crippen LogP contribution in [0.25, 0.3) is 5.57 Å². The molecule has 0 bridgehead atoms. The highest BCUT2D eigenvalue weighted by Crippen LogP contribution is 2.50. The molecular formula is C37H40ClF5N4O4Si. The normalized spacial score (nSPS) is 17.8. The molecule has 2 aromatic carbocycles. The molecule has 52 heavy (non-hydrogen) atoms. The molecule has 2 heterocycles. The number of methoxy groups -OCH3 is 2. The Hall–Kier alpha value is -4.27. The van der Waals surface area contributed by atoms with Crippen LogP contribution < -0.4 is 14.4 Å². The second-order valence-corrected chi connectivity index (χ2v) is 19.9. The molecule has 1 aromatic heterocycles. The number of aromatic nitrogens is 1. The zero-order valence-corrected chi connectivity index (χ0v) is 31.5. The lowest BCUT2D eigenvalue weighted by atomic mass is 9.88. The van der Waals surface area contributed by atoms with Crippen molar-refractivity contribution >= 4 is 42.7 Å². The summed E-state index contributed by atoms with van der Waals surface area (Å²) in [6, 6.07) is 16.2. The molecule has 8 nitrogen and oxygen atoms in total. The zero-order chi connectivity index (χ0) is 38.0. The lowest BCUT2D eigenvalue weighted by Gasteiger charge is -2.33. The first-order valence-electron chi connectivity index (χ1n) is 16.4. The molecule has 1 aliphatic heterocycles. The Morgan fingerprint density at radius 1 is 0.981 bits per heavy atom. The monoisotopic (exact) mass is 762 g/mol. The lowest BCUT2D eigenvalue weighted by Crippen LogP contribution is -2.43. The maximum atomic E-state index is 16.6. The van der Waals surface area contributed by atoms with E-state index in [2.05, 4.69) is 29.6 Å². The number of carbonyl (C=O) groups is 1. The van der Waals surface area contributed by atoms with Crippen LogP contribution in [0, 0.1) is 6.92 Å². The van der Waals surface area contributed by atoms with Crippen molar-refractivity contribution in [3.8, 4) is 11.5 Å². The van der Waals surface area contributed by atoms with Gasteiger partial charge in [0.2, 0.25) is 0 Å². The van der Waals surface area contributed by atoms with Crippen LogP contribution in [0.15, 0.2) is 77.1 Å². The van der Waals surface area contributed by atoms with Crippen LogP contribution in [0.2, 0.25) is 25.7 Å². The summed E-state index contributed by atoms with van der Waals surface area (Å²) in [5.41, 5.74) is -3.01. The number of rotatable bonds is 13. The number of aliphatic imine (C=N–C) groups is 1. The van der Waals surface area contributed by atoms with E-state index >= 15 is 8.78 Å². The number of carbonyl (C=O) groups excluding carboxylic acids is 1. The van der Waals surface area contributed by atoms with Crippen LogP contribution in [0.4, 0.5) is 27.8 Å². The van der Waals surface area contributed by atoms with E-state index in [1.165, 1.54) is 27.2 Å². The largest absolute Gasteiger partial charge is 0.497 e. The fourth-order valence-electron chi connectivity index (χ4n) is 5.76. The van der Waals surface area contributed by atoms with Crippen molar-refractivity contribution < 1.29 is 41.0 Å². The third kappa shape index (κ3) is 8.67. The van der Waals surface area contributed by atoms with Gasteiger partial charge in [-0.15, -0.1) is 0 Å². The van der Waals surface area contributed by atoms with Gasteiger partial charge >= 0.3 is 6.18 Å². The van der Waals surface area contributed by atoms with E-state index < -0.39 is 53.5 Å². The highest BCUT2D eigenvalue weighted by molar-refractivity contribution is 6.76. The number of hydrogen-bond acceptors (Lipinski definition) is 7. The summed E-state index contributed by atoms with van der Waals surface area (Å²) in [6.45, 7) is 7.87. The molecule has 0 radical (unpaired) electrons. The molecule has 5 rings (SSSR count). The summed E-state index contributed by atoms with van der Waals surface area (Å²) >= 11 is 6.19. The SMILES string of the molecule is COc1ccc(CN(Cc2ccc(OC)cc2)c2cc(C)c(C(F)(F)F)c(C3=CC4=NCN(COCC[Si](C)(C)C)C(=O)C4=C(F)C3(F)Cl)n2)cc1. The first-order valence-corrected chi connectivity index (χ1v) is 20.5. The Kier molecular flexibility index (Phi) is 11.5. The van der Waals surface area contributed by atoms with Crippen LogP contribution in [0.5, 0.6) is 11.5 Å². The first-order chi connectivity index (χ1) is 24.4. The van der Waals surface area contributed by atoms with E-state index in [0.29, 0.717) is 18.1 Å². The molecule has 1 unspecified atom stereocenters. The second-order valence-electron chi connectivity index (χ2n) is 13.8. The van der Waals surface area contributed by atoms with Crippen LogP contribution in [0.3, 0.4) is 0 Å². The van der Waals surface area contributed by atoms with Crippen molar-refractivity contribution in [2.75, 3.05) is 39.1 Å². The van der Waals surface area contributed by atoms with Gasteiger partial charge in [0.15, 0.2) is 5.83 Å². The van der Waals surface area contributed by atoms with Crippen LogP contribution >= 0.6 is 11.6 Å². The van der Waals surface area contributed by atoms with Gasteiger partial charge in [-0.3, -0.25) is 14.7 Å². The number of hydrogen-bond donors (Lipinski definition) is 0. The molecular weight excluding hydrogens is 723 g/mol. The van der Waals surface area contributed by atoms with E-state index in [9.17, 15) is 18.0 Å². The smallest absolute Gasteiger partial charge is 0.418 e. The van der Waals surface area contributed by atoms with Crippen molar-refractivity contribution in [3.63, 3.8) is 0 Å². The van der Waals surface area contributed by atoms with Gasteiger partial charge in [0.1, 0.15) is 36.3 Å². The highest BCUT2D eigenvalue weighted by Gasteiger charge is 2.51. The quantitative estimate of drug-likeness (QED) is 0.0751. The Morgan fingerprint density at radius 2 is 1.54 bits per heavy atom. The van der Waals surface area contributed by atoms with Gasteiger partial charge in [-0.2, -0.15) is 13.2 Å². The molecule has 0 saturated heterocycles. The number of benzene rings is 2. The van der Waals surface area contributed by atoms with Gasteiger partial charge in [-0.25, -0.2) is 13.8 Å². The summed E-state index contributed by atoms with van der Waals surface area (Å²) < 4.78 is 93.1. The predicted molar refractivity (Wildman–Crippen MR) is 194 cm³/mol. The topological polar surface area (TPSA) is 76.5 Å². The minimum atomic E-state index is -5.04. The maximum absolute atomic E-state index is 16.6. The van der Waals surface area contributed by atoms with Gasteiger partial charge < -0.3 is 19.1 Å². The standard InChI is InChI=1S/C37H40ClF5N4O4Si/c1-23-17-30(46(19-24-7-11-26(49-2)12-8-24)20-25-9-13-27(50-3)14-10-25)45-33(32(23)37(41,42)43)28-18-29-31(34(39)36(28,38)40)35(48)47(21-44-29)22-51-15-16-52(4,5)6/h7-14,17-18H,15-16,19-22H2,1-6H3. The highest BCUT2D eigenvalue weighted by atomic mass is 35.5. The predicted octanol–water partition coefficient (Wildman–Crippen LogP) is 8.71. The molecule has 0 spiro atoms. The van der Waals surface area contributed by atoms with Crippen molar-refractivity contribution in [2.24, 2.45) is 4.99 Å². The Bertz CT molecular complexity index is 1840. The van der Waals surface area contributed by atoms with E-state index in [1.807, 2.05) is 0 Å². The summed E-state index contributed by atoms with van der Waals surface area (Å²) in [6.07, 6.45) is -4.16. The number of alkyl halides is 5. The molecule has 278 valence electrons. The maximum Gasteiger partial charge on any atom is 0.418 e. The second kappa shape index (κ2) is 15.4. The summed E-state index contributed by atoms with van der Waals surface area (Å²) in [5.74, 6) is -1.45. The van der Waals surface area contributed by atoms with Crippen molar-refractivity contribution in [3.05, 3.63) is 100 Å². The van der Waals surface area contributed by atoms with E-state index in [4.69, 9.17) is 25.8 Å². The third-order valence-electron chi connectivity index (χ3n) is 8.66. The fraction of sp³-hybridized carbons (Fsp3) is 0.378. The molecule has 0 N–H and O–H groups in total. The molecule has 15 heteroatoms. The Labute approximate surface area is 305 Å². The summed E-state index contributed by atoms with van der Waals surface area (Å²) in [4.78, 5) is 24.7. The van der Waals surface area contributed by atoms with Crippen LogP contribution in [-0.4, -0.2) is 68.9 Å². The molecule has 0 fully saturated rings. The number of allylic oxidation sites excluding steroid dienone is 3. The minimum Gasteiger partial charge on any atom is -0.497 e. The van der Waals surface area contributed by atoms with Gasteiger partial charge in [0, 0.05) is 33.3 Å². The molecule has 0 saturated carbocycles. The molecule has 3 aromatic rings. The number of anilines is 1. The number of halogens is 6. The van der Waals surface area contributed by atoms with E-state index in [-0.39, 0.29) is 43.6 Å². The third-order valence-corrected chi connectivity index (χ3v) is 10.7. The van der Waals surface area contributed by atoms with Crippen molar-refractivity contribution in [2.45, 2.75) is 57.0 Å². The number of aryl methyl sites for hydroxylation is 1. The zero-order valence-electron chi connectivity index (χ0n) is 29.7. The van der Waals surface area contributed by atoms with E-state index in [1.54, 1.807) is 53.4 Å². The molecule has 1 amide bonds. The molecule has 1 atom stereocenters. The number of ether oxygens (including phenoxy) is 3. The van der Waals surface area contributed by atoms with Crippen molar-refractivity contribution in [1.29, 1.82) is 0 Å². The van der Waals surface area contributed by atoms with Gasteiger partial charge in [-0.05, 0) is 66.1 Å². The van der Waals surface area contributed by atoms with Gasteiger partial charge in [0.25, 0.3) is 11.0 Å². The average Bonchev–Trinajstić information content (AvgIpc) is 3.08. The first kappa shape index (κ1) is 38.9. The van der Waals surface area contributed by atoms with Gasteiger partial charge in [-0.1, -0.05) is 55.5 Å². The fourth-order valence-corrected chi connectivity index (χ4v) is 6.75. The summed E-state index contributed by atoms with van der Waals surface area (Å²) in [7, 11) is 1.62. The summed E-state index contributed by atoms with van der Waals surface area (Å²) in [5, 5.41) is -3.68. The number of nitrogens with zero attached hydrogens (tertiary/aromatic N) is 4. The van der Waals surface area contributed by atoms with Crippen molar-refractivity contribution in [1.82, 2.24) is 9.88 Å². The molecule has 2 aliphatic rings. The number of amides is 1. The van der Waals surface area contributed by atoms with Crippen LogP contribution in [-0.2, 0) is 28.8 Å². The van der Waals surface area contributed by atoms with E-state index in [0.717, 1.165) is 28.1 Å². The Morgan fingerprint density at radius 3 is 2.04 bits per heavy atom. The van der Waals surface area contributed by atoms with Gasteiger partial charge in [0.05, 0.1) is 31.2 Å². The lowest BCUT2D eigenvalue weighted by molar-refractivity contribution is -0.138. The average molecular weight is 763 g/mol. The number of pyridine rings is 1.